The van der Waals surface area contributed by atoms with Crippen molar-refractivity contribution < 1.29 is 14.3 Å². The highest BCUT2D eigenvalue weighted by Gasteiger charge is 2.19. The fourth-order valence-corrected chi connectivity index (χ4v) is 4.08. The molecular formula is C24H27N7O3. The molecule has 3 heterocycles. The number of hydrogen-bond acceptors (Lipinski definition) is 7. The van der Waals surface area contributed by atoms with Gasteiger partial charge in [-0.3, -0.25) is 14.8 Å². The molecule has 1 aliphatic rings. The Hall–Kier alpha value is -3.89. The Bertz CT molecular complexity index is 1340. The summed E-state index contributed by atoms with van der Waals surface area (Å²) in [6, 6.07) is 9.56. The van der Waals surface area contributed by atoms with E-state index in [9.17, 15) is 4.79 Å². The molecule has 0 bridgehead atoms. The molecule has 176 valence electrons. The number of carbonyl (C=O) groups is 1. The smallest absolute Gasteiger partial charge is 0.259 e. The number of amides is 1. The average molecular weight is 462 g/mol. The predicted molar refractivity (Wildman–Crippen MR) is 130 cm³/mol. The van der Waals surface area contributed by atoms with Crippen molar-refractivity contribution in [2.45, 2.75) is 13.5 Å². The number of nitrogens with zero attached hydrogens (tertiary/aromatic N) is 3. The Morgan fingerprint density at radius 1 is 1.26 bits per heavy atom. The molecule has 2 aromatic carbocycles. The SMILES string of the molecule is COc1cc(N)c(C)cc1C(=O)Nc1c[nH]nc1-c1nc2cc(CN3CCOCC3)ccc2[nH]1. The second kappa shape index (κ2) is 9.16. The van der Waals surface area contributed by atoms with Gasteiger partial charge < -0.3 is 25.5 Å². The van der Waals surface area contributed by atoms with E-state index in [0.29, 0.717) is 34.2 Å². The number of carbonyl (C=O) groups excluding carboxylic acids is 1. The maximum absolute atomic E-state index is 13.0. The van der Waals surface area contributed by atoms with Crippen LogP contribution in [0.5, 0.6) is 5.75 Å². The Morgan fingerprint density at radius 2 is 2.09 bits per heavy atom. The third-order valence-electron chi connectivity index (χ3n) is 6.00. The van der Waals surface area contributed by atoms with Crippen LogP contribution in [0, 0.1) is 6.92 Å². The highest BCUT2D eigenvalue weighted by Crippen LogP contribution is 2.29. The van der Waals surface area contributed by atoms with Crippen LogP contribution in [-0.2, 0) is 11.3 Å². The molecule has 34 heavy (non-hydrogen) atoms. The van der Waals surface area contributed by atoms with Crippen LogP contribution >= 0.6 is 0 Å². The van der Waals surface area contributed by atoms with Gasteiger partial charge in [-0.15, -0.1) is 0 Å². The van der Waals surface area contributed by atoms with E-state index in [0.717, 1.165) is 49.4 Å². The van der Waals surface area contributed by atoms with Gasteiger partial charge >= 0.3 is 0 Å². The minimum Gasteiger partial charge on any atom is -0.496 e. The highest BCUT2D eigenvalue weighted by molar-refractivity contribution is 6.08. The summed E-state index contributed by atoms with van der Waals surface area (Å²) in [5, 5.41) is 10.0. The number of imidazole rings is 1. The van der Waals surface area contributed by atoms with Crippen molar-refractivity contribution in [3.05, 3.63) is 53.2 Å². The molecule has 5 rings (SSSR count). The van der Waals surface area contributed by atoms with Crippen LogP contribution in [-0.4, -0.2) is 64.4 Å². The van der Waals surface area contributed by atoms with E-state index in [1.54, 1.807) is 18.3 Å². The van der Waals surface area contributed by atoms with Crippen LogP contribution in [0.15, 0.2) is 36.5 Å². The van der Waals surface area contributed by atoms with Crippen LogP contribution in [0.25, 0.3) is 22.6 Å². The number of nitrogens with two attached hydrogens (primary N) is 1. The molecule has 0 aliphatic carbocycles. The van der Waals surface area contributed by atoms with Gasteiger partial charge in [-0.05, 0) is 36.2 Å². The van der Waals surface area contributed by atoms with Crippen LogP contribution in [0.3, 0.4) is 0 Å². The van der Waals surface area contributed by atoms with Gasteiger partial charge in [0, 0.05) is 37.6 Å². The molecule has 2 aromatic heterocycles. The second-order valence-corrected chi connectivity index (χ2v) is 8.34. The third-order valence-corrected chi connectivity index (χ3v) is 6.00. The quantitative estimate of drug-likeness (QED) is 0.324. The van der Waals surface area contributed by atoms with Crippen molar-refractivity contribution in [1.29, 1.82) is 0 Å². The van der Waals surface area contributed by atoms with Gasteiger partial charge in [-0.2, -0.15) is 5.10 Å². The number of aromatic nitrogens is 4. The summed E-state index contributed by atoms with van der Waals surface area (Å²) in [5.41, 5.74) is 11.7. The second-order valence-electron chi connectivity index (χ2n) is 8.34. The largest absolute Gasteiger partial charge is 0.496 e. The van der Waals surface area contributed by atoms with Gasteiger partial charge in [0.2, 0.25) is 0 Å². The predicted octanol–water partition coefficient (Wildman–Crippen LogP) is 2.94. The Morgan fingerprint density at radius 3 is 2.88 bits per heavy atom. The molecule has 0 saturated carbocycles. The van der Waals surface area contributed by atoms with Gasteiger partial charge in [0.1, 0.15) is 5.75 Å². The molecule has 0 spiro atoms. The maximum atomic E-state index is 13.0. The zero-order chi connectivity index (χ0) is 23.7. The first-order chi connectivity index (χ1) is 16.5. The zero-order valence-electron chi connectivity index (χ0n) is 19.1. The number of rotatable bonds is 6. The van der Waals surface area contributed by atoms with Gasteiger partial charge in [-0.1, -0.05) is 6.07 Å². The average Bonchev–Trinajstić information content (AvgIpc) is 3.47. The summed E-state index contributed by atoms with van der Waals surface area (Å²) in [6.45, 7) is 6.09. The first kappa shape index (κ1) is 21.9. The van der Waals surface area contributed by atoms with E-state index >= 15 is 0 Å². The van der Waals surface area contributed by atoms with Crippen LogP contribution in [0.1, 0.15) is 21.5 Å². The van der Waals surface area contributed by atoms with Crippen molar-refractivity contribution in [2.24, 2.45) is 0 Å². The first-order valence-corrected chi connectivity index (χ1v) is 11.1. The fourth-order valence-electron chi connectivity index (χ4n) is 4.08. The Labute approximate surface area is 196 Å². The van der Waals surface area contributed by atoms with Gasteiger partial charge in [0.15, 0.2) is 11.5 Å². The number of benzene rings is 2. The minimum absolute atomic E-state index is 0.327. The van der Waals surface area contributed by atoms with Crippen LogP contribution in [0.4, 0.5) is 11.4 Å². The van der Waals surface area contributed by atoms with Gasteiger partial charge in [0.25, 0.3) is 5.91 Å². The van der Waals surface area contributed by atoms with Crippen LogP contribution < -0.4 is 15.8 Å². The zero-order valence-corrected chi connectivity index (χ0v) is 19.1. The van der Waals surface area contributed by atoms with E-state index in [4.69, 9.17) is 20.2 Å². The number of anilines is 2. The number of hydrogen-bond donors (Lipinski definition) is 4. The van der Waals surface area contributed by atoms with E-state index in [-0.39, 0.29) is 5.91 Å². The van der Waals surface area contributed by atoms with E-state index in [1.165, 1.54) is 12.7 Å². The number of aryl methyl sites for hydroxylation is 1. The maximum Gasteiger partial charge on any atom is 0.259 e. The summed E-state index contributed by atoms with van der Waals surface area (Å²) in [7, 11) is 1.51. The molecule has 4 aromatic rings. The topological polar surface area (TPSA) is 134 Å². The molecule has 0 radical (unpaired) electrons. The molecule has 0 unspecified atom stereocenters. The number of morpholine rings is 1. The van der Waals surface area contributed by atoms with Crippen molar-refractivity contribution in [3.63, 3.8) is 0 Å². The summed E-state index contributed by atoms with van der Waals surface area (Å²) < 4.78 is 10.8. The lowest BCUT2D eigenvalue weighted by molar-refractivity contribution is 0.0342. The molecule has 5 N–H and O–H groups in total. The normalized spacial score (nSPS) is 14.4. The van der Waals surface area contributed by atoms with Gasteiger partial charge in [-0.25, -0.2) is 4.98 Å². The number of ether oxygens (including phenoxy) is 2. The summed E-state index contributed by atoms with van der Waals surface area (Å²) in [5.74, 6) is 0.643. The Balaban J connectivity index is 1.39. The van der Waals surface area contributed by atoms with E-state index in [2.05, 4.69) is 37.5 Å². The Kier molecular flexibility index (Phi) is 5.91. The van der Waals surface area contributed by atoms with Crippen molar-refractivity contribution >= 4 is 28.3 Å². The number of nitrogen functional groups attached to an aromatic ring is 1. The standard InChI is InChI=1S/C24H27N7O3/c1-14-9-16(21(33-2)11-17(14)25)24(32)29-20-12-26-30-22(20)23-27-18-4-3-15(10-19(18)28-23)13-31-5-7-34-8-6-31/h3-4,9-12H,5-8,13,25H2,1-2H3,(H,26,30)(H,27,28)(H,29,32). The number of fused-ring (bicyclic) bond motifs is 1. The summed E-state index contributed by atoms with van der Waals surface area (Å²) in [6.07, 6.45) is 1.63. The molecule has 1 aliphatic heterocycles. The molecule has 1 amide bonds. The highest BCUT2D eigenvalue weighted by atomic mass is 16.5. The molecule has 1 fully saturated rings. The number of nitrogens with one attached hydrogen (secondary N) is 3. The number of aromatic amines is 2. The molecule has 10 nitrogen and oxygen atoms in total. The van der Waals surface area contributed by atoms with Gasteiger partial charge in [0.05, 0.1) is 42.6 Å². The first-order valence-electron chi connectivity index (χ1n) is 11.1. The third kappa shape index (κ3) is 4.33. The van der Waals surface area contributed by atoms with Crippen molar-refractivity contribution in [1.82, 2.24) is 25.1 Å². The van der Waals surface area contributed by atoms with E-state index < -0.39 is 0 Å². The molecule has 10 heteroatoms. The number of methoxy groups -OCH3 is 1. The van der Waals surface area contributed by atoms with Crippen LogP contribution in [0.2, 0.25) is 0 Å². The number of H-pyrrole nitrogens is 2. The monoisotopic (exact) mass is 461 g/mol. The lowest BCUT2D eigenvalue weighted by Crippen LogP contribution is -2.35. The van der Waals surface area contributed by atoms with E-state index in [1.807, 2.05) is 13.0 Å². The fraction of sp³-hybridized carbons (Fsp3) is 0.292. The molecule has 0 atom stereocenters. The lowest BCUT2D eigenvalue weighted by Gasteiger charge is -2.26. The summed E-state index contributed by atoms with van der Waals surface area (Å²) in [4.78, 5) is 23.4. The molecular weight excluding hydrogens is 434 g/mol. The lowest BCUT2D eigenvalue weighted by atomic mass is 10.1. The van der Waals surface area contributed by atoms with Crippen molar-refractivity contribution in [3.8, 4) is 17.3 Å². The summed E-state index contributed by atoms with van der Waals surface area (Å²) >= 11 is 0. The minimum atomic E-state index is -0.327. The van der Waals surface area contributed by atoms with Crippen molar-refractivity contribution in [2.75, 3.05) is 44.5 Å². The molecule has 1 saturated heterocycles.